The van der Waals surface area contributed by atoms with Gasteiger partial charge in [-0.05, 0) is 72.9 Å². The third kappa shape index (κ3) is 7.18. The van der Waals surface area contributed by atoms with E-state index in [-0.39, 0.29) is 11.8 Å². The molecule has 8 heteroatoms. The quantitative estimate of drug-likeness (QED) is 0.250. The Balaban J connectivity index is 1.39. The molecule has 0 spiro atoms. The third-order valence-electron chi connectivity index (χ3n) is 7.66. The maximum atomic E-state index is 13.9. The summed E-state index contributed by atoms with van der Waals surface area (Å²) in [7, 11) is 2.80. The predicted molar refractivity (Wildman–Crippen MR) is 135 cm³/mol. The normalized spacial score (nSPS) is 20.3. The number of alkyl halides is 6. The number of hydrogen-bond acceptors (Lipinski definition) is 2. The number of hydrogen-bond donors (Lipinski definition) is 0. The zero-order valence-electron chi connectivity index (χ0n) is 20.1. The Hall–Kier alpha value is -1.28. The summed E-state index contributed by atoms with van der Waals surface area (Å²) in [6, 6.07) is 13.2. The van der Waals surface area contributed by atoms with Crippen molar-refractivity contribution in [2.24, 2.45) is 11.8 Å². The minimum atomic E-state index is -4.26. The van der Waals surface area contributed by atoms with Gasteiger partial charge in [0.15, 0.2) is 0 Å². The molecule has 36 heavy (non-hydrogen) atoms. The summed E-state index contributed by atoms with van der Waals surface area (Å²) >= 11 is 0. The van der Waals surface area contributed by atoms with Crippen LogP contribution in [0.25, 0.3) is 0 Å². The van der Waals surface area contributed by atoms with E-state index in [1.807, 2.05) is 0 Å². The van der Waals surface area contributed by atoms with Gasteiger partial charge in [-0.15, -0.1) is 0 Å². The van der Waals surface area contributed by atoms with Crippen LogP contribution in [0, 0.1) is 11.8 Å². The first-order chi connectivity index (χ1) is 17.1. The van der Waals surface area contributed by atoms with E-state index in [4.69, 9.17) is 0 Å². The van der Waals surface area contributed by atoms with Crippen molar-refractivity contribution in [3.63, 3.8) is 0 Å². The van der Waals surface area contributed by atoms with Crippen molar-refractivity contribution in [3.05, 3.63) is 59.7 Å². The fraction of sp³-hybridized carbons (Fsp3) is 0.571. The molecule has 2 unspecified atom stereocenters. The molecule has 0 aromatic heterocycles. The number of rotatable bonds is 7. The Bertz CT molecular complexity index is 860. The van der Waals surface area contributed by atoms with Crippen LogP contribution in [-0.4, -0.2) is 12.4 Å². The summed E-state index contributed by atoms with van der Waals surface area (Å²) in [5.74, 6) is -3.58. The molecule has 0 N–H and O–H groups in total. The Morgan fingerprint density at radius 2 is 0.806 bits per heavy atom. The van der Waals surface area contributed by atoms with E-state index in [0.29, 0.717) is 36.8 Å². The van der Waals surface area contributed by atoms with E-state index in [0.717, 1.165) is 48.3 Å². The Morgan fingerprint density at radius 1 is 0.500 bits per heavy atom. The van der Waals surface area contributed by atoms with Crippen molar-refractivity contribution in [1.82, 2.24) is 0 Å². The molecule has 2 atom stereocenters. The second-order valence-corrected chi connectivity index (χ2v) is 12.4. The lowest BCUT2D eigenvalue weighted by atomic mass is 9.76. The molecule has 0 amide bonds. The molecule has 0 aliphatic heterocycles. The van der Waals surface area contributed by atoms with Crippen LogP contribution >= 0.6 is 21.6 Å². The van der Waals surface area contributed by atoms with E-state index >= 15 is 0 Å². The molecule has 2 aliphatic rings. The lowest BCUT2D eigenvalue weighted by Gasteiger charge is -2.32. The molecular formula is C28H32F6S2. The van der Waals surface area contributed by atoms with Crippen LogP contribution in [0.4, 0.5) is 26.3 Å². The second kappa shape index (κ2) is 12.1. The highest BCUT2D eigenvalue weighted by molar-refractivity contribution is 8.76. The maximum absolute atomic E-state index is 13.9. The Labute approximate surface area is 217 Å². The first kappa shape index (κ1) is 27.7. The van der Waals surface area contributed by atoms with Gasteiger partial charge in [-0.25, -0.2) is 0 Å². The van der Waals surface area contributed by atoms with Gasteiger partial charge in [0, 0.05) is 9.79 Å². The third-order valence-corrected chi connectivity index (χ3v) is 10.1. The highest BCUT2D eigenvalue weighted by Crippen LogP contribution is 2.48. The van der Waals surface area contributed by atoms with Crippen molar-refractivity contribution in [3.8, 4) is 0 Å². The van der Waals surface area contributed by atoms with Gasteiger partial charge < -0.3 is 0 Å². The monoisotopic (exact) mass is 546 g/mol. The first-order valence-electron chi connectivity index (χ1n) is 12.8. The van der Waals surface area contributed by atoms with Crippen molar-refractivity contribution in [2.75, 3.05) is 0 Å². The standard InChI is InChI=1S/C28H32F6S2/c29-27(30,31)25(19-7-3-1-4-8-19)21-11-15-23(16-12-21)35-36-24-17-13-22(14-18-24)26(28(32,33)34)20-9-5-2-6-10-20/h11-20,25-26H,1-10H2. The van der Waals surface area contributed by atoms with Crippen LogP contribution in [0.5, 0.6) is 0 Å². The zero-order chi connectivity index (χ0) is 25.8. The fourth-order valence-electron chi connectivity index (χ4n) is 5.95. The summed E-state index contributed by atoms with van der Waals surface area (Å²) in [5.41, 5.74) is 0.628. The SMILES string of the molecule is FC(F)(F)C(c1ccc(SSc2ccc(C(C3CCCCC3)C(F)(F)F)cc2)cc1)C1CCCCC1. The molecule has 2 aromatic rings. The fourth-order valence-corrected chi connectivity index (χ4v) is 7.88. The van der Waals surface area contributed by atoms with Gasteiger partial charge in [0.25, 0.3) is 0 Å². The van der Waals surface area contributed by atoms with E-state index < -0.39 is 24.2 Å². The highest BCUT2D eigenvalue weighted by Gasteiger charge is 2.46. The molecule has 0 saturated heterocycles. The van der Waals surface area contributed by atoms with Crippen LogP contribution in [0.1, 0.15) is 87.2 Å². The second-order valence-electron chi connectivity index (χ2n) is 10.1. The summed E-state index contributed by atoms with van der Waals surface area (Å²) < 4.78 is 83.2. The molecule has 0 heterocycles. The lowest BCUT2D eigenvalue weighted by Crippen LogP contribution is -2.29. The van der Waals surface area contributed by atoms with E-state index in [2.05, 4.69) is 0 Å². The molecule has 2 aliphatic carbocycles. The van der Waals surface area contributed by atoms with Gasteiger partial charge >= 0.3 is 12.4 Å². The average Bonchev–Trinajstić information content (AvgIpc) is 2.84. The summed E-state index contributed by atoms with van der Waals surface area (Å²) in [4.78, 5) is 1.63. The summed E-state index contributed by atoms with van der Waals surface area (Å²) in [5, 5.41) is 0. The molecule has 2 saturated carbocycles. The van der Waals surface area contributed by atoms with E-state index in [1.165, 1.54) is 21.6 Å². The first-order valence-corrected chi connectivity index (χ1v) is 15.0. The largest absolute Gasteiger partial charge is 0.396 e. The van der Waals surface area contributed by atoms with Crippen molar-refractivity contribution in [1.29, 1.82) is 0 Å². The van der Waals surface area contributed by atoms with E-state index in [1.54, 1.807) is 48.5 Å². The van der Waals surface area contributed by atoms with Gasteiger partial charge in [0.2, 0.25) is 0 Å². The Morgan fingerprint density at radius 3 is 1.08 bits per heavy atom. The van der Waals surface area contributed by atoms with Gasteiger partial charge in [-0.3, -0.25) is 0 Å². The molecule has 4 rings (SSSR count). The number of halogens is 6. The molecule has 2 fully saturated rings. The number of benzene rings is 2. The minimum absolute atomic E-state index is 0.314. The summed E-state index contributed by atoms with van der Waals surface area (Å²) in [6.45, 7) is 0. The summed E-state index contributed by atoms with van der Waals surface area (Å²) in [6.07, 6.45) is -0.654. The van der Waals surface area contributed by atoms with Crippen molar-refractivity contribution < 1.29 is 26.3 Å². The minimum Gasteiger partial charge on any atom is -0.170 e. The van der Waals surface area contributed by atoms with Crippen LogP contribution in [0.2, 0.25) is 0 Å². The van der Waals surface area contributed by atoms with Gasteiger partial charge in [-0.1, -0.05) is 84.4 Å². The lowest BCUT2D eigenvalue weighted by molar-refractivity contribution is -0.165. The van der Waals surface area contributed by atoms with Gasteiger partial charge in [0.1, 0.15) is 0 Å². The smallest absolute Gasteiger partial charge is 0.170 e. The predicted octanol–water partition coefficient (Wildman–Crippen LogP) is 10.9. The van der Waals surface area contributed by atoms with Gasteiger partial charge in [0.05, 0.1) is 11.8 Å². The van der Waals surface area contributed by atoms with Crippen LogP contribution in [-0.2, 0) is 0 Å². The average molecular weight is 547 g/mol. The molecule has 0 nitrogen and oxygen atoms in total. The van der Waals surface area contributed by atoms with Crippen LogP contribution in [0.3, 0.4) is 0 Å². The molecule has 2 aromatic carbocycles. The van der Waals surface area contributed by atoms with Gasteiger partial charge in [-0.2, -0.15) is 26.3 Å². The van der Waals surface area contributed by atoms with Crippen LogP contribution in [0.15, 0.2) is 58.3 Å². The topological polar surface area (TPSA) is 0 Å². The van der Waals surface area contributed by atoms with Crippen molar-refractivity contribution >= 4 is 21.6 Å². The molecule has 0 radical (unpaired) electrons. The van der Waals surface area contributed by atoms with E-state index in [9.17, 15) is 26.3 Å². The highest BCUT2D eigenvalue weighted by atomic mass is 33.1. The molecule has 198 valence electrons. The molecule has 0 bridgehead atoms. The van der Waals surface area contributed by atoms with Crippen LogP contribution < -0.4 is 0 Å². The van der Waals surface area contributed by atoms with Crippen molar-refractivity contribution in [2.45, 2.75) is 98.2 Å². The zero-order valence-corrected chi connectivity index (χ0v) is 21.7. The Kier molecular flexibility index (Phi) is 9.29. The maximum Gasteiger partial charge on any atom is 0.396 e. The molecular weight excluding hydrogens is 514 g/mol.